The lowest BCUT2D eigenvalue weighted by Gasteiger charge is -2.24. The van der Waals surface area contributed by atoms with Crippen molar-refractivity contribution in [2.24, 2.45) is 5.92 Å². The van der Waals surface area contributed by atoms with E-state index in [4.69, 9.17) is 9.15 Å². The molecule has 2 heterocycles. The molecule has 0 aliphatic rings. The van der Waals surface area contributed by atoms with Crippen molar-refractivity contribution in [3.05, 3.63) is 72.2 Å². The number of benzene rings is 1. The monoisotopic (exact) mass is 367 g/mol. The lowest BCUT2D eigenvalue weighted by Crippen LogP contribution is -2.34. The fraction of sp³-hybridized carbons (Fsp3) is 0.333. The lowest BCUT2D eigenvalue weighted by atomic mass is 10.2. The summed E-state index contributed by atoms with van der Waals surface area (Å²) < 4.78 is 12.6. The van der Waals surface area contributed by atoms with Crippen LogP contribution in [0.2, 0.25) is 0 Å². The molecule has 142 valence electrons. The van der Waals surface area contributed by atoms with E-state index in [1.165, 1.54) is 6.26 Å². The Morgan fingerprint density at radius 1 is 1.30 bits per heavy atom. The van der Waals surface area contributed by atoms with E-state index in [-0.39, 0.29) is 5.91 Å². The van der Waals surface area contributed by atoms with Crippen LogP contribution in [0.15, 0.2) is 59.5 Å². The average molecular weight is 367 g/mol. The van der Waals surface area contributed by atoms with E-state index in [0.29, 0.717) is 31.3 Å². The standard InChI is InChI=1S/C21H25N3O3/c1-16(2)13-24(21(25)19-8-5-11-27-19)15-20-22-9-10-23(20)14-17-6-4-7-18(12-17)26-3/h4-12,16H,13-15H2,1-3H3. The summed E-state index contributed by atoms with van der Waals surface area (Å²) in [6.45, 7) is 5.90. The predicted molar refractivity (Wildman–Crippen MR) is 103 cm³/mol. The van der Waals surface area contributed by atoms with Crippen molar-refractivity contribution in [1.82, 2.24) is 14.5 Å². The molecule has 3 aromatic rings. The van der Waals surface area contributed by atoms with E-state index >= 15 is 0 Å². The lowest BCUT2D eigenvalue weighted by molar-refractivity contribution is 0.0684. The molecule has 27 heavy (non-hydrogen) atoms. The summed E-state index contributed by atoms with van der Waals surface area (Å²) in [7, 11) is 1.66. The summed E-state index contributed by atoms with van der Waals surface area (Å²) in [5.41, 5.74) is 1.11. The number of aromatic nitrogens is 2. The SMILES string of the molecule is COc1cccc(Cn2ccnc2CN(CC(C)C)C(=O)c2ccco2)c1. The van der Waals surface area contributed by atoms with E-state index in [1.807, 2.05) is 30.5 Å². The highest BCUT2D eigenvalue weighted by molar-refractivity contribution is 5.91. The predicted octanol–water partition coefficient (Wildman–Crippen LogP) is 3.83. The minimum absolute atomic E-state index is 0.121. The second-order valence-corrected chi connectivity index (χ2v) is 6.88. The number of rotatable bonds is 8. The van der Waals surface area contributed by atoms with E-state index < -0.39 is 0 Å². The van der Waals surface area contributed by atoms with Crippen molar-refractivity contribution in [1.29, 1.82) is 0 Å². The normalized spacial score (nSPS) is 11.0. The summed E-state index contributed by atoms with van der Waals surface area (Å²) in [6, 6.07) is 11.4. The number of ether oxygens (including phenoxy) is 1. The molecular weight excluding hydrogens is 342 g/mol. The third kappa shape index (κ3) is 4.78. The van der Waals surface area contributed by atoms with Gasteiger partial charge in [-0.1, -0.05) is 26.0 Å². The maximum absolute atomic E-state index is 12.8. The van der Waals surface area contributed by atoms with Gasteiger partial charge in [0.25, 0.3) is 5.91 Å². The van der Waals surface area contributed by atoms with Crippen LogP contribution in [0.4, 0.5) is 0 Å². The van der Waals surface area contributed by atoms with Crippen LogP contribution in [0.1, 0.15) is 35.8 Å². The molecule has 1 aromatic carbocycles. The number of carbonyl (C=O) groups is 1. The van der Waals surface area contributed by atoms with Gasteiger partial charge in [-0.2, -0.15) is 0 Å². The van der Waals surface area contributed by atoms with Gasteiger partial charge >= 0.3 is 0 Å². The second-order valence-electron chi connectivity index (χ2n) is 6.88. The molecule has 0 unspecified atom stereocenters. The van der Waals surface area contributed by atoms with Gasteiger partial charge in [0.1, 0.15) is 11.6 Å². The van der Waals surface area contributed by atoms with Gasteiger partial charge in [0, 0.05) is 25.5 Å². The Balaban J connectivity index is 1.78. The average Bonchev–Trinajstić information content (AvgIpc) is 3.33. The maximum Gasteiger partial charge on any atom is 0.289 e. The quantitative estimate of drug-likeness (QED) is 0.607. The summed E-state index contributed by atoms with van der Waals surface area (Å²) in [5, 5.41) is 0. The smallest absolute Gasteiger partial charge is 0.289 e. The van der Waals surface area contributed by atoms with Crippen molar-refractivity contribution in [3.8, 4) is 5.75 Å². The highest BCUT2D eigenvalue weighted by Crippen LogP contribution is 2.16. The van der Waals surface area contributed by atoms with Crippen LogP contribution < -0.4 is 4.74 Å². The zero-order valence-corrected chi connectivity index (χ0v) is 16.0. The Hall–Kier alpha value is -3.02. The summed E-state index contributed by atoms with van der Waals surface area (Å²) >= 11 is 0. The summed E-state index contributed by atoms with van der Waals surface area (Å²) in [6.07, 6.45) is 5.21. The molecule has 2 aromatic heterocycles. The molecular formula is C21H25N3O3. The zero-order chi connectivity index (χ0) is 19.2. The van der Waals surface area contributed by atoms with Gasteiger partial charge in [-0.05, 0) is 35.7 Å². The fourth-order valence-electron chi connectivity index (χ4n) is 2.99. The molecule has 1 amide bonds. The molecule has 6 nitrogen and oxygen atoms in total. The topological polar surface area (TPSA) is 60.5 Å². The van der Waals surface area contributed by atoms with Crippen LogP contribution in [-0.2, 0) is 13.1 Å². The molecule has 0 aliphatic carbocycles. The number of furan rings is 1. The van der Waals surface area contributed by atoms with Crippen molar-refractivity contribution in [2.45, 2.75) is 26.9 Å². The van der Waals surface area contributed by atoms with Gasteiger partial charge in [0.05, 0.1) is 19.9 Å². The van der Waals surface area contributed by atoms with Gasteiger partial charge in [-0.3, -0.25) is 4.79 Å². The number of methoxy groups -OCH3 is 1. The maximum atomic E-state index is 12.8. The van der Waals surface area contributed by atoms with Crippen LogP contribution in [0.25, 0.3) is 0 Å². The van der Waals surface area contributed by atoms with Gasteiger partial charge < -0.3 is 18.6 Å². The molecule has 0 saturated carbocycles. The first-order chi connectivity index (χ1) is 13.1. The first kappa shape index (κ1) is 18.8. The van der Waals surface area contributed by atoms with Crippen LogP contribution in [0, 0.1) is 5.92 Å². The number of hydrogen-bond donors (Lipinski definition) is 0. The third-order valence-corrected chi connectivity index (χ3v) is 4.23. The van der Waals surface area contributed by atoms with E-state index in [2.05, 4.69) is 23.4 Å². The molecule has 0 fully saturated rings. The molecule has 0 saturated heterocycles. The Labute approximate surface area is 159 Å². The first-order valence-corrected chi connectivity index (χ1v) is 9.02. The summed E-state index contributed by atoms with van der Waals surface area (Å²) in [5.74, 6) is 2.22. The Morgan fingerprint density at radius 2 is 2.15 bits per heavy atom. The number of amides is 1. The van der Waals surface area contributed by atoms with Crippen molar-refractivity contribution >= 4 is 5.91 Å². The Morgan fingerprint density at radius 3 is 2.85 bits per heavy atom. The molecule has 0 aliphatic heterocycles. The van der Waals surface area contributed by atoms with Crippen LogP contribution in [0.5, 0.6) is 5.75 Å². The van der Waals surface area contributed by atoms with Gasteiger partial charge in [0.15, 0.2) is 5.76 Å². The Bertz CT molecular complexity index is 868. The minimum Gasteiger partial charge on any atom is -0.497 e. The number of hydrogen-bond acceptors (Lipinski definition) is 4. The molecule has 6 heteroatoms. The van der Waals surface area contributed by atoms with Crippen molar-refractivity contribution in [3.63, 3.8) is 0 Å². The molecule has 0 atom stereocenters. The molecule has 3 rings (SSSR count). The van der Waals surface area contributed by atoms with E-state index in [1.54, 1.807) is 30.3 Å². The number of imidazole rings is 1. The minimum atomic E-state index is -0.121. The molecule has 0 bridgehead atoms. The number of carbonyl (C=O) groups excluding carboxylic acids is 1. The van der Waals surface area contributed by atoms with E-state index in [0.717, 1.165) is 17.1 Å². The Kier molecular flexibility index (Phi) is 5.96. The van der Waals surface area contributed by atoms with Gasteiger partial charge in [0.2, 0.25) is 0 Å². The summed E-state index contributed by atoms with van der Waals surface area (Å²) in [4.78, 5) is 19.1. The largest absolute Gasteiger partial charge is 0.497 e. The third-order valence-electron chi connectivity index (χ3n) is 4.23. The van der Waals surface area contributed by atoms with E-state index in [9.17, 15) is 4.79 Å². The fourth-order valence-corrected chi connectivity index (χ4v) is 2.99. The first-order valence-electron chi connectivity index (χ1n) is 9.02. The number of nitrogens with zero attached hydrogens (tertiary/aromatic N) is 3. The van der Waals surface area contributed by atoms with Gasteiger partial charge in [-0.25, -0.2) is 4.98 Å². The zero-order valence-electron chi connectivity index (χ0n) is 16.0. The van der Waals surface area contributed by atoms with Crippen molar-refractivity contribution < 1.29 is 13.9 Å². The molecule has 0 radical (unpaired) electrons. The van der Waals surface area contributed by atoms with Crippen LogP contribution >= 0.6 is 0 Å². The van der Waals surface area contributed by atoms with Crippen LogP contribution in [0.3, 0.4) is 0 Å². The van der Waals surface area contributed by atoms with Crippen LogP contribution in [-0.4, -0.2) is 34.0 Å². The van der Waals surface area contributed by atoms with Gasteiger partial charge in [-0.15, -0.1) is 0 Å². The second kappa shape index (κ2) is 8.58. The molecule has 0 N–H and O–H groups in total. The highest BCUT2D eigenvalue weighted by Gasteiger charge is 2.21. The highest BCUT2D eigenvalue weighted by atomic mass is 16.5. The van der Waals surface area contributed by atoms with Crippen molar-refractivity contribution in [2.75, 3.05) is 13.7 Å². The molecule has 0 spiro atoms.